The molecule has 0 atom stereocenters. The number of aromatic nitrogens is 1. The van der Waals surface area contributed by atoms with E-state index < -0.39 is 5.97 Å². The number of fused-ring (bicyclic) bond motifs is 1. The maximum absolute atomic E-state index is 13.5. The van der Waals surface area contributed by atoms with Crippen molar-refractivity contribution in [2.24, 2.45) is 5.73 Å². The topological polar surface area (TPSA) is 83.6 Å². The van der Waals surface area contributed by atoms with Crippen LogP contribution in [0.25, 0.3) is 22.0 Å². The highest BCUT2D eigenvalue weighted by atomic mass is 16.5. The number of ether oxygens (including phenoxy) is 2. The molecule has 0 bridgehead atoms. The average molecular weight is 485 g/mol. The van der Waals surface area contributed by atoms with Gasteiger partial charge in [0.05, 0.1) is 18.6 Å². The molecule has 0 unspecified atom stereocenters. The Morgan fingerprint density at radius 3 is 2.56 bits per heavy atom. The van der Waals surface area contributed by atoms with E-state index in [2.05, 4.69) is 30.5 Å². The number of nitrogens with two attached hydrogens (primary N) is 1. The summed E-state index contributed by atoms with van der Waals surface area (Å²) in [5.41, 5.74) is 11.7. The highest BCUT2D eigenvalue weighted by molar-refractivity contribution is 6.03. The Bertz CT molecular complexity index is 1420. The molecule has 1 aromatic heterocycles. The first-order valence-electron chi connectivity index (χ1n) is 12.2. The first-order valence-corrected chi connectivity index (χ1v) is 12.2. The molecule has 2 N–H and O–H groups in total. The van der Waals surface area contributed by atoms with Crippen LogP contribution in [0.1, 0.15) is 53.9 Å². The molecular weight excluding hydrogens is 452 g/mol. The second-order valence-corrected chi connectivity index (χ2v) is 9.16. The Kier molecular flexibility index (Phi) is 7.55. The zero-order chi connectivity index (χ0) is 25.8. The minimum atomic E-state index is -0.486. The van der Waals surface area contributed by atoms with Gasteiger partial charge >= 0.3 is 11.9 Å². The van der Waals surface area contributed by atoms with Crippen LogP contribution in [0.3, 0.4) is 0 Å². The van der Waals surface area contributed by atoms with Gasteiger partial charge in [0.2, 0.25) is 0 Å². The summed E-state index contributed by atoms with van der Waals surface area (Å²) in [5, 5.41) is 1.05. The zero-order valence-corrected chi connectivity index (χ0v) is 21.2. The highest BCUT2D eigenvalue weighted by Gasteiger charge is 2.19. The van der Waals surface area contributed by atoms with Gasteiger partial charge in [-0.3, -0.25) is 4.79 Å². The number of benzene rings is 3. The van der Waals surface area contributed by atoms with E-state index >= 15 is 0 Å². The molecule has 0 aliphatic carbocycles. The summed E-state index contributed by atoms with van der Waals surface area (Å²) in [7, 11) is 0. The van der Waals surface area contributed by atoms with Crippen molar-refractivity contribution < 1.29 is 19.1 Å². The van der Waals surface area contributed by atoms with Crippen molar-refractivity contribution in [3.8, 4) is 16.9 Å². The van der Waals surface area contributed by atoms with Gasteiger partial charge in [-0.05, 0) is 80.3 Å². The molecule has 6 nitrogen and oxygen atoms in total. The lowest BCUT2D eigenvalue weighted by atomic mass is 9.97. The molecule has 3 aromatic carbocycles. The summed E-state index contributed by atoms with van der Waals surface area (Å²) in [5.74, 6) is -0.490. The number of hydrogen-bond acceptors (Lipinski definition) is 5. The standard InChI is InChI=1S/C30H32N2O4/c1-5-35-29(33)17-23-10-9-20(4)13-28(23)36-30(34)24-15-26(22-8-6-7-21(14-22)18-31)25-11-12-32(19(2)3)27(25)16-24/h6-16,19H,5,17-18,31H2,1-4H3. The van der Waals surface area contributed by atoms with Gasteiger partial charge in [-0.2, -0.15) is 0 Å². The smallest absolute Gasteiger partial charge is 0.343 e. The van der Waals surface area contributed by atoms with E-state index in [1.54, 1.807) is 19.1 Å². The van der Waals surface area contributed by atoms with Crippen LogP contribution < -0.4 is 10.5 Å². The largest absolute Gasteiger partial charge is 0.466 e. The molecule has 0 aliphatic rings. The van der Waals surface area contributed by atoms with Gasteiger partial charge < -0.3 is 19.8 Å². The summed E-state index contributed by atoms with van der Waals surface area (Å²) in [6.45, 7) is 8.61. The first kappa shape index (κ1) is 25.2. The predicted octanol–water partition coefficient (Wildman–Crippen LogP) is 5.98. The maximum atomic E-state index is 13.5. The van der Waals surface area contributed by atoms with Gasteiger partial charge in [0.15, 0.2) is 0 Å². The Labute approximate surface area is 211 Å². The fourth-order valence-corrected chi connectivity index (χ4v) is 4.36. The molecule has 0 saturated heterocycles. The Morgan fingerprint density at radius 1 is 1.03 bits per heavy atom. The second-order valence-electron chi connectivity index (χ2n) is 9.16. The number of carbonyl (C=O) groups is 2. The van der Waals surface area contributed by atoms with Crippen LogP contribution in [-0.4, -0.2) is 23.1 Å². The monoisotopic (exact) mass is 484 g/mol. The molecule has 4 rings (SSSR count). The van der Waals surface area contributed by atoms with E-state index in [1.807, 2.05) is 49.5 Å². The molecule has 186 valence electrons. The number of hydrogen-bond donors (Lipinski definition) is 1. The lowest BCUT2D eigenvalue weighted by Crippen LogP contribution is -2.13. The van der Waals surface area contributed by atoms with E-state index in [-0.39, 0.29) is 18.4 Å². The Hall–Kier alpha value is -3.90. The van der Waals surface area contributed by atoms with Gasteiger partial charge in [-0.25, -0.2) is 4.79 Å². The van der Waals surface area contributed by atoms with E-state index in [9.17, 15) is 9.59 Å². The third-order valence-electron chi connectivity index (χ3n) is 6.17. The molecule has 0 fully saturated rings. The van der Waals surface area contributed by atoms with E-state index in [0.29, 0.717) is 30.0 Å². The van der Waals surface area contributed by atoms with Crippen molar-refractivity contribution >= 4 is 22.8 Å². The minimum Gasteiger partial charge on any atom is -0.466 e. The number of aryl methyl sites for hydroxylation is 1. The first-order chi connectivity index (χ1) is 17.3. The van der Waals surface area contributed by atoms with Gasteiger partial charge in [-0.1, -0.05) is 30.3 Å². The molecule has 36 heavy (non-hydrogen) atoms. The predicted molar refractivity (Wildman–Crippen MR) is 142 cm³/mol. The molecule has 4 aromatic rings. The quantitative estimate of drug-likeness (QED) is 0.246. The third kappa shape index (κ3) is 5.34. The molecule has 0 amide bonds. The van der Waals surface area contributed by atoms with Crippen LogP contribution in [0, 0.1) is 6.92 Å². The van der Waals surface area contributed by atoms with Crippen molar-refractivity contribution in [3.63, 3.8) is 0 Å². The molecule has 1 heterocycles. The van der Waals surface area contributed by atoms with Crippen LogP contribution in [0.15, 0.2) is 66.9 Å². The summed E-state index contributed by atoms with van der Waals surface area (Å²) in [4.78, 5) is 25.6. The van der Waals surface area contributed by atoms with E-state index in [0.717, 1.165) is 33.2 Å². The summed E-state index contributed by atoms with van der Waals surface area (Å²) >= 11 is 0. The van der Waals surface area contributed by atoms with Gasteiger partial charge in [0.1, 0.15) is 5.75 Å². The van der Waals surface area contributed by atoms with Crippen molar-refractivity contribution in [2.75, 3.05) is 6.61 Å². The third-order valence-corrected chi connectivity index (χ3v) is 6.17. The lowest BCUT2D eigenvalue weighted by Gasteiger charge is -2.15. The molecule has 0 saturated carbocycles. The maximum Gasteiger partial charge on any atom is 0.343 e. The SMILES string of the molecule is CCOC(=O)Cc1ccc(C)cc1OC(=O)c1cc(-c2cccc(CN)c2)c2ccn(C(C)C)c2c1. The summed E-state index contributed by atoms with van der Waals surface area (Å²) < 4.78 is 13.1. The van der Waals surface area contributed by atoms with Crippen LogP contribution in [0.5, 0.6) is 5.75 Å². The molecule has 0 radical (unpaired) electrons. The summed E-state index contributed by atoms with van der Waals surface area (Å²) in [6, 6.07) is 19.5. The zero-order valence-electron chi connectivity index (χ0n) is 21.2. The van der Waals surface area contributed by atoms with Crippen LogP contribution in [0.4, 0.5) is 0 Å². The Morgan fingerprint density at radius 2 is 1.83 bits per heavy atom. The van der Waals surface area contributed by atoms with Crippen LogP contribution in [-0.2, 0) is 22.5 Å². The fourth-order valence-electron chi connectivity index (χ4n) is 4.36. The Balaban J connectivity index is 1.78. The number of rotatable bonds is 8. The van der Waals surface area contributed by atoms with E-state index in [4.69, 9.17) is 15.2 Å². The lowest BCUT2D eigenvalue weighted by molar-refractivity contribution is -0.142. The summed E-state index contributed by atoms with van der Waals surface area (Å²) in [6.07, 6.45) is 2.07. The highest BCUT2D eigenvalue weighted by Crippen LogP contribution is 2.34. The van der Waals surface area contributed by atoms with Gasteiger partial charge in [-0.15, -0.1) is 0 Å². The van der Waals surface area contributed by atoms with Crippen LogP contribution in [0.2, 0.25) is 0 Å². The molecule has 6 heteroatoms. The second kappa shape index (κ2) is 10.8. The number of esters is 2. The van der Waals surface area contributed by atoms with Crippen LogP contribution >= 0.6 is 0 Å². The molecular formula is C30H32N2O4. The number of nitrogens with zero attached hydrogens (tertiary/aromatic N) is 1. The van der Waals surface area contributed by atoms with E-state index in [1.165, 1.54) is 0 Å². The van der Waals surface area contributed by atoms with Crippen molar-refractivity contribution in [1.29, 1.82) is 0 Å². The normalized spacial score (nSPS) is 11.2. The van der Waals surface area contributed by atoms with Gasteiger partial charge in [0, 0.05) is 35.2 Å². The van der Waals surface area contributed by atoms with Gasteiger partial charge in [0.25, 0.3) is 0 Å². The minimum absolute atomic E-state index is 0.0309. The van der Waals surface area contributed by atoms with Crippen molar-refractivity contribution in [3.05, 3.63) is 89.1 Å². The molecule has 0 aliphatic heterocycles. The number of carbonyl (C=O) groups excluding carboxylic acids is 2. The molecule has 0 spiro atoms. The fraction of sp³-hybridized carbons (Fsp3) is 0.267. The average Bonchev–Trinajstić information content (AvgIpc) is 3.30. The van der Waals surface area contributed by atoms with Crippen molar-refractivity contribution in [1.82, 2.24) is 4.57 Å². The van der Waals surface area contributed by atoms with Crippen molar-refractivity contribution in [2.45, 2.75) is 46.7 Å².